The van der Waals surface area contributed by atoms with Crippen molar-refractivity contribution in [3.8, 4) is 11.5 Å². The summed E-state index contributed by atoms with van der Waals surface area (Å²) in [6.07, 6.45) is 3.70. The molecule has 0 radical (unpaired) electrons. The molecule has 0 aliphatic carbocycles. The summed E-state index contributed by atoms with van der Waals surface area (Å²) in [6.45, 7) is 3.30. The van der Waals surface area contributed by atoms with Crippen molar-refractivity contribution in [2.45, 2.75) is 18.9 Å². The van der Waals surface area contributed by atoms with Crippen LogP contribution in [0.25, 0.3) is 6.08 Å². The molecule has 152 valence electrons. The molecule has 2 amide bonds. The van der Waals surface area contributed by atoms with Crippen molar-refractivity contribution in [2.24, 2.45) is 5.73 Å². The minimum Gasteiger partial charge on any atom is -0.493 e. The number of anilines is 1. The monoisotopic (exact) mass is 406 g/mol. The Morgan fingerprint density at radius 2 is 2.07 bits per heavy atom. The number of imide groups is 1. The van der Waals surface area contributed by atoms with E-state index in [9.17, 15) is 9.59 Å². The summed E-state index contributed by atoms with van der Waals surface area (Å²) < 4.78 is 10.9. The molecule has 8 nitrogen and oxygen atoms in total. The third-order valence-corrected chi connectivity index (χ3v) is 5.61. The molecule has 0 unspecified atom stereocenters. The SMILES string of the molecule is COc1cc(C=C2SC(=O)NC2=O)c(N2CC[C@H](NCCCN)C2)cc1OC. The number of methoxy groups -OCH3 is 2. The van der Waals surface area contributed by atoms with Gasteiger partial charge in [0.2, 0.25) is 0 Å². The number of carbonyl (C=O) groups excluding carboxylic acids is 2. The molecular weight excluding hydrogens is 380 g/mol. The number of nitrogens with two attached hydrogens (primary N) is 1. The molecule has 4 N–H and O–H groups in total. The van der Waals surface area contributed by atoms with Gasteiger partial charge in [0.1, 0.15) is 0 Å². The van der Waals surface area contributed by atoms with E-state index in [1.165, 1.54) is 0 Å². The summed E-state index contributed by atoms with van der Waals surface area (Å²) in [7, 11) is 3.17. The molecule has 3 rings (SSSR count). The van der Waals surface area contributed by atoms with Crippen LogP contribution >= 0.6 is 11.8 Å². The maximum Gasteiger partial charge on any atom is 0.290 e. The lowest BCUT2D eigenvalue weighted by Crippen LogP contribution is -2.34. The summed E-state index contributed by atoms with van der Waals surface area (Å²) in [4.78, 5) is 26.1. The lowest BCUT2D eigenvalue weighted by Gasteiger charge is -2.23. The number of thioether (sulfide) groups is 1. The second-order valence-electron chi connectivity index (χ2n) is 6.65. The number of carbonyl (C=O) groups is 2. The van der Waals surface area contributed by atoms with Crippen molar-refractivity contribution in [2.75, 3.05) is 45.3 Å². The van der Waals surface area contributed by atoms with Crippen molar-refractivity contribution in [1.82, 2.24) is 10.6 Å². The maximum absolute atomic E-state index is 12.0. The van der Waals surface area contributed by atoms with Crippen LogP contribution in [0.5, 0.6) is 11.5 Å². The summed E-state index contributed by atoms with van der Waals surface area (Å²) in [5.74, 6) is 0.821. The van der Waals surface area contributed by atoms with E-state index in [0.29, 0.717) is 29.0 Å². The van der Waals surface area contributed by atoms with Crippen molar-refractivity contribution < 1.29 is 19.1 Å². The average molecular weight is 407 g/mol. The predicted molar refractivity (Wildman–Crippen MR) is 111 cm³/mol. The normalized spacial score (nSPS) is 20.8. The van der Waals surface area contributed by atoms with Crippen LogP contribution in [0, 0.1) is 0 Å². The van der Waals surface area contributed by atoms with Gasteiger partial charge in [-0.2, -0.15) is 0 Å². The Balaban J connectivity index is 1.90. The van der Waals surface area contributed by atoms with Gasteiger partial charge in [-0.1, -0.05) is 0 Å². The molecule has 2 saturated heterocycles. The largest absolute Gasteiger partial charge is 0.493 e. The fourth-order valence-corrected chi connectivity index (χ4v) is 4.06. The Labute approximate surface area is 168 Å². The maximum atomic E-state index is 12.0. The molecule has 1 aromatic rings. The Morgan fingerprint density at radius 1 is 1.32 bits per heavy atom. The molecule has 2 fully saturated rings. The number of ether oxygens (including phenoxy) is 2. The van der Waals surface area contributed by atoms with Crippen molar-refractivity contribution in [1.29, 1.82) is 0 Å². The third-order valence-electron chi connectivity index (χ3n) is 4.80. The van der Waals surface area contributed by atoms with E-state index in [1.54, 1.807) is 20.3 Å². The van der Waals surface area contributed by atoms with Gasteiger partial charge < -0.3 is 25.4 Å². The molecule has 2 aliphatic rings. The van der Waals surface area contributed by atoms with Crippen LogP contribution in [-0.2, 0) is 4.79 Å². The van der Waals surface area contributed by atoms with E-state index in [4.69, 9.17) is 15.2 Å². The summed E-state index contributed by atoms with van der Waals surface area (Å²) >= 11 is 0.904. The van der Waals surface area contributed by atoms with Crippen molar-refractivity contribution in [3.63, 3.8) is 0 Å². The number of nitrogens with zero attached hydrogens (tertiary/aromatic N) is 1. The summed E-state index contributed by atoms with van der Waals surface area (Å²) in [6, 6.07) is 4.14. The molecular formula is C19H26N4O4S. The fourth-order valence-electron chi connectivity index (χ4n) is 3.39. The van der Waals surface area contributed by atoms with Crippen LogP contribution in [0.3, 0.4) is 0 Å². The fraction of sp³-hybridized carbons (Fsp3) is 0.474. The van der Waals surface area contributed by atoms with Gasteiger partial charge in [-0.15, -0.1) is 0 Å². The first-order valence-corrected chi connectivity index (χ1v) is 10.1. The zero-order valence-corrected chi connectivity index (χ0v) is 16.9. The van der Waals surface area contributed by atoms with Gasteiger partial charge in [-0.3, -0.25) is 14.9 Å². The number of hydrogen-bond acceptors (Lipinski definition) is 8. The van der Waals surface area contributed by atoms with Gasteiger partial charge in [0.05, 0.1) is 19.1 Å². The van der Waals surface area contributed by atoms with E-state index in [-0.39, 0.29) is 11.1 Å². The Kier molecular flexibility index (Phi) is 6.82. The van der Waals surface area contributed by atoms with Gasteiger partial charge in [-0.25, -0.2) is 0 Å². The van der Waals surface area contributed by atoms with Crippen LogP contribution < -0.4 is 30.7 Å². The van der Waals surface area contributed by atoms with Crippen LogP contribution in [0.15, 0.2) is 17.0 Å². The number of amides is 2. The zero-order valence-electron chi connectivity index (χ0n) is 16.1. The molecule has 2 heterocycles. The van der Waals surface area contributed by atoms with Gasteiger partial charge in [0, 0.05) is 36.4 Å². The number of nitrogens with one attached hydrogen (secondary N) is 2. The van der Waals surface area contributed by atoms with Crippen molar-refractivity contribution in [3.05, 3.63) is 22.6 Å². The Bertz CT molecular complexity index is 783. The standard InChI is InChI=1S/C19H26N4O4S/c1-26-15-8-12(9-17-18(24)22-19(25)28-17)14(10-16(15)27-2)23-7-4-13(11-23)21-6-3-5-20/h8-10,13,21H,3-7,11,20H2,1-2H3,(H,22,24,25)/t13-/m0/s1. The van der Waals surface area contributed by atoms with Gasteiger partial charge in [0.25, 0.3) is 11.1 Å². The molecule has 0 bridgehead atoms. The summed E-state index contributed by atoms with van der Waals surface area (Å²) in [5.41, 5.74) is 7.33. The smallest absolute Gasteiger partial charge is 0.290 e. The molecule has 1 aromatic carbocycles. The van der Waals surface area contributed by atoms with E-state index in [1.807, 2.05) is 12.1 Å². The minimum atomic E-state index is -0.376. The lowest BCUT2D eigenvalue weighted by molar-refractivity contribution is -0.115. The van der Waals surface area contributed by atoms with Crippen molar-refractivity contribution >= 4 is 34.7 Å². The Hall–Kier alpha value is -2.23. The topological polar surface area (TPSA) is 106 Å². The molecule has 2 aliphatic heterocycles. The second-order valence-corrected chi connectivity index (χ2v) is 7.66. The quantitative estimate of drug-likeness (QED) is 0.441. The molecule has 0 spiro atoms. The highest BCUT2D eigenvalue weighted by atomic mass is 32.2. The van der Waals surface area contributed by atoms with Gasteiger partial charge in [-0.05, 0) is 49.8 Å². The zero-order chi connectivity index (χ0) is 20.1. The van der Waals surface area contributed by atoms with E-state index in [0.717, 1.165) is 55.5 Å². The molecule has 0 aromatic heterocycles. The van der Waals surface area contributed by atoms with E-state index < -0.39 is 0 Å². The molecule has 1 atom stereocenters. The van der Waals surface area contributed by atoms with Crippen LogP contribution in [0.2, 0.25) is 0 Å². The first-order chi connectivity index (χ1) is 13.5. The highest BCUT2D eigenvalue weighted by Crippen LogP contribution is 2.39. The third kappa shape index (κ3) is 4.60. The highest BCUT2D eigenvalue weighted by Gasteiger charge is 2.28. The van der Waals surface area contributed by atoms with Gasteiger partial charge >= 0.3 is 0 Å². The minimum absolute atomic E-state index is 0.358. The van der Waals surface area contributed by atoms with Crippen LogP contribution in [0.1, 0.15) is 18.4 Å². The summed E-state index contributed by atoms with van der Waals surface area (Å²) in [5, 5.41) is 5.47. The average Bonchev–Trinajstić information content (AvgIpc) is 3.27. The first kappa shape index (κ1) is 20.5. The molecule has 28 heavy (non-hydrogen) atoms. The highest BCUT2D eigenvalue weighted by molar-refractivity contribution is 8.18. The van der Waals surface area contributed by atoms with Crippen LogP contribution in [-0.4, -0.2) is 57.6 Å². The van der Waals surface area contributed by atoms with Gasteiger partial charge in [0.15, 0.2) is 11.5 Å². The van der Waals surface area contributed by atoms with E-state index >= 15 is 0 Å². The predicted octanol–water partition coefficient (Wildman–Crippen LogP) is 1.54. The Morgan fingerprint density at radius 3 is 2.71 bits per heavy atom. The first-order valence-electron chi connectivity index (χ1n) is 9.25. The lowest BCUT2D eigenvalue weighted by atomic mass is 10.1. The molecule has 9 heteroatoms. The molecule has 0 saturated carbocycles. The number of hydrogen-bond donors (Lipinski definition) is 3. The van der Waals surface area contributed by atoms with E-state index in [2.05, 4.69) is 15.5 Å². The van der Waals surface area contributed by atoms with Crippen LogP contribution in [0.4, 0.5) is 10.5 Å². The second kappa shape index (κ2) is 9.31. The number of benzene rings is 1. The number of rotatable bonds is 8.